The summed E-state index contributed by atoms with van der Waals surface area (Å²) in [5.41, 5.74) is 6.87. The van der Waals surface area contributed by atoms with Gasteiger partial charge >= 0.3 is 0 Å². The Kier molecular flexibility index (Phi) is 7.15. The summed E-state index contributed by atoms with van der Waals surface area (Å²) in [5, 5.41) is 0.155. The summed E-state index contributed by atoms with van der Waals surface area (Å²) in [7, 11) is 2.07. The maximum atomic E-state index is 13.2. The van der Waals surface area contributed by atoms with Gasteiger partial charge < -0.3 is 5.73 Å². The molecule has 2 nitrogen and oxygen atoms in total. The molecule has 2 N–H and O–H groups in total. The van der Waals surface area contributed by atoms with Crippen molar-refractivity contribution in [1.82, 2.24) is 4.90 Å². The van der Waals surface area contributed by atoms with E-state index in [0.717, 1.165) is 17.7 Å². The summed E-state index contributed by atoms with van der Waals surface area (Å²) in [6.45, 7) is 2.66. The van der Waals surface area contributed by atoms with Crippen LogP contribution in [0.4, 0.5) is 4.39 Å². The number of likely N-dealkylation sites (N-methyl/N-ethyl adjacent to an activating group) is 1. The highest BCUT2D eigenvalue weighted by Gasteiger charge is 2.22. The van der Waals surface area contributed by atoms with Crippen molar-refractivity contribution in [2.45, 2.75) is 25.4 Å². The maximum Gasteiger partial charge on any atom is 0.141 e. The van der Waals surface area contributed by atoms with Gasteiger partial charge in [-0.15, -0.1) is 0 Å². The van der Waals surface area contributed by atoms with Crippen molar-refractivity contribution in [3.05, 3.63) is 34.6 Å². The zero-order valence-corrected chi connectivity index (χ0v) is 13.3. The Hall–Kier alpha value is -0.290. The van der Waals surface area contributed by atoms with Crippen molar-refractivity contribution in [3.8, 4) is 0 Å². The predicted octanol–water partition coefficient (Wildman–Crippen LogP) is 3.55. The summed E-state index contributed by atoms with van der Waals surface area (Å²) in [4.78, 5) is 2.26. The summed E-state index contributed by atoms with van der Waals surface area (Å²) < 4.78 is 13.2. The van der Waals surface area contributed by atoms with Gasteiger partial charge in [0.05, 0.1) is 5.02 Å². The van der Waals surface area contributed by atoms with Crippen LogP contribution in [0, 0.1) is 5.82 Å². The molecule has 0 spiro atoms. The van der Waals surface area contributed by atoms with Crippen LogP contribution in [-0.2, 0) is 0 Å². The first-order valence-corrected chi connectivity index (χ1v) is 8.18. The fraction of sp³-hybridized carbons (Fsp3) is 0.571. The van der Waals surface area contributed by atoms with Gasteiger partial charge in [-0.05, 0) is 37.4 Å². The second kappa shape index (κ2) is 8.10. The first kappa shape index (κ1) is 16.8. The van der Waals surface area contributed by atoms with Gasteiger partial charge in [-0.2, -0.15) is 11.8 Å². The van der Waals surface area contributed by atoms with E-state index in [-0.39, 0.29) is 16.9 Å². The van der Waals surface area contributed by atoms with Crippen LogP contribution in [0.5, 0.6) is 0 Å². The molecule has 0 aliphatic rings. The van der Waals surface area contributed by atoms with Crippen LogP contribution in [0.15, 0.2) is 18.2 Å². The lowest BCUT2D eigenvalue weighted by molar-refractivity contribution is 0.188. The van der Waals surface area contributed by atoms with E-state index >= 15 is 0 Å². The van der Waals surface area contributed by atoms with E-state index in [0.29, 0.717) is 12.6 Å². The molecule has 2 atom stereocenters. The van der Waals surface area contributed by atoms with Gasteiger partial charge in [-0.1, -0.05) is 24.6 Å². The van der Waals surface area contributed by atoms with E-state index < -0.39 is 0 Å². The Morgan fingerprint density at radius 1 is 1.47 bits per heavy atom. The van der Waals surface area contributed by atoms with E-state index in [9.17, 15) is 4.39 Å². The van der Waals surface area contributed by atoms with Crippen LogP contribution in [0.25, 0.3) is 0 Å². The molecule has 0 radical (unpaired) electrons. The highest BCUT2D eigenvalue weighted by molar-refractivity contribution is 7.98. The number of rotatable bonds is 7. The summed E-state index contributed by atoms with van der Waals surface area (Å²) >= 11 is 7.68. The van der Waals surface area contributed by atoms with E-state index in [1.54, 1.807) is 12.1 Å². The summed E-state index contributed by atoms with van der Waals surface area (Å²) in [5.74, 6) is 0.665. The lowest BCUT2D eigenvalue weighted by atomic mass is 10.0. The fourth-order valence-electron chi connectivity index (χ4n) is 2.23. The molecule has 108 valence electrons. The van der Waals surface area contributed by atoms with Crippen LogP contribution in [-0.4, -0.2) is 36.5 Å². The molecule has 0 saturated carbocycles. The topological polar surface area (TPSA) is 29.3 Å². The Labute approximate surface area is 124 Å². The molecule has 5 heteroatoms. The first-order chi connectivity index (χ1) is 9.04. The molecule has 0 aromatic heterocycles. The monoisotopic (exact) mass is 304 g/mol. The summed E-state index contributed by atoms with van der Waals surface area (Å²) in [6.07, 6.45) is 3.16. The second-order valence-electron chi connectivity index (χ2n) is 4.61. The van der Waals surface area contributed by atoms with Crippen molar-refractivity contribution < 1.29 is 4.39 Å². The number of nitrogens with two attached hydrogens (primary N) is 1. The minimum absolute atomic E-state index is 0.0650. The molecule has 19 heavy (non-hydrogen) atoms. The zero-order valence-electron chi connectivity index (χ0n) is 11.7. The van der Waals surface area contributed by atoms with Crippen LogP contribution >= 0.6 is 23.4 Å². The van der Waals surface area contributed by atoms with Gasteiger partial charge in [0.15, 0.2) is 0 Å². The van der Waals surface area contributed by atoms with Gasteiger partial charge in [0.2, 0.25) is 0 Å². The Morgan fingerprint density at radius 2 is 2.16 bits per heavy atom. The standard InChI is InChI=1S/C14H22ClFN2S/c1-4-11(9-19-3)18(2)14(8-17)10-5-6-13(16)12(15)7-10/h5-7,11,14H,4,8-9,17H2,1-3H3. The number of hydrogen-bond donors (Lipinski definition) is 1. The van der Waals surface area contributed by atoms with Gasteiger partial charge in [0.1, 0.15) is 5.82 Å². The lowest BCUT2D eigenvalue weighted by Crippen LogP contribution is -2.39. The van der Waals surface area contributed by atoms with E-state index in [2.05, 4.69) is 25.1 Å². The molecular formula is C14H22ClFN2S. The van der Waals surface area contributed by atoms with Crippen molar-refractivity contribution in [3.63, 3.8) is 0 Å². The first-order valence-electron chi connectivity index (χ1n) is 6.41. The average molecular weight is 305 g/mol. The Bertz CT molecular complexity index is 403. The molecule has 0 fully saturated rings. The summed E-state index contributed by atoms with van der Waals surface area (Å²) in [6, 6.07) is 5.36. The highest BCUT2D eigenvalue weighted by atomic mass is 35.5. The molecule has 1 rings (SSSR count). The molecule has 0 amide bonds. The quantitative estimate of drug-likeness (QED) is 0.835. The third kappa shape index (κ3) is 4.35. The van der Waals surface area contributed by atoms with Gasteiger partial charge in [0, 0.05) is 24.4 Å². The minimum atomic E-state index is -0.389. The second-order valence-corrected chi connectivity index (χ2v) is 5.93. The maximum absolute atomic E-state index is 13.2. The third-order valence-electron chi connectivity index (χ3n) is 3.45. The van der Waals surface area contributed by atoms with Gasteiger partial charge in [0.25, 0.3) is 0 Å². The van der Waals surface area contributed by atoms with Crippen molar-refractivity contribution in [1.29, 1.82) is 0 Å². The number of nitrogens with zero attached hydrogens (tertiary/aromatic N) is 1. The number of halogens is 2. The van der Waals surface area contributed by atoms with E-state index in [1.807, 2.05) is 11.8 Å². The largest absolute Gasteiger partial charge is 0.329 e. The number of benzene rings is 1. The lowest BCUT2D eigenvalue weighted by Gasteiger charge is -2.34. The van der Waals surface area contributed by atoms with Crippen LogP contribution in [0.2, 0.25) is 5.02 Å². The Morgan fingerprint density at radius 3 is 2.63 bits per heavy atom. The highest BCUT2D eigenvalue weighted by Crippen LogP contribution is 2.26. The van der Waals surface area contributed by atoms with E-state index in [1.165, 1.54) is 6.07 Å². The van der Waals surface area contributed by atoms with Crippen LogP contribution in [0.3, 0.4) is 0 Å². The molecule has 0 bridgehead atoms. The SMILES string of the molecule is CCC(CSC)N(C)C(CN)c1ccc(F)c(Cl)c1. The van der Waals surface area contributed by atoms with Gasteiger partial charge in [-0.3, -0.25) is 4.90 Å². The number of hydrogen-bond acceptors (Lipinski definition) is 3. The molecule has 0 saturated heterocycles. The molecule has 0 heterocycles. The average Bonchev–Trinajstić information content (AvgIpc) is 2.40. The van der Waals surface area contributed by atoms with Crippen LogP contribution in [0.1, 0.15) is 24.9 Å². The molecule has 2 unspecified atom stereocenters. The van der Waals surface area contributed by atoms with Crippen molar-refractivity contribution in [2.24, 2.45) is 5.73 Å². The Balaban J connectivity index is 2.94. The van der Waals surface area contributed by atoms with Gasteiger partial charge in [-0.25, -0.2) is 4.39 Å². The number of thioether (sulfide) groups is 1. The predicted molar refractivity (Wildman–Crippen MR) is 83.4 cm³/mol. The van der Waals surface area contributed by atoms with Crippen molar-refractivity contribution >= 4 is 23.4 Å². The van der Waals surface area contributed by atoms with E-state index in [4.69, 9.17) is 17.3 Å². The zero-order chi connectivity index (χ0) is 14.4. The molecule has 1 aromatic rings. The molecule has 0 aliphatic carbocycles. The minimum Gasteiger partial charge on any atom is -0.329 e. The fourth-order valence-corrected chi connectivity index (χ4v) is 3.27. The smallest absolute Gasteiger partial charge is 0.141 e. The van der Waals surface area contributed by atoms with Crippen LogP contribution < -0.4 is 5.73 Å². The normalized spacial score (nSPS) is 14.7. The molecule has 1 aromatic carbocycles. The van der Waals surface area contributed by atoms with Crippen molar-refractivity contribution in [2.75, 3.05) is 25.6 Å². The molecular weight excluding hydrogens is 283 g/mol. The molecule has 0 aliphatic heterocycles. The third-order valence-corrected chi connectivity index (χ3v) is 4.46.